The second-order valence-electron chi connectivity index (χ2n) is 7.43. The molecule has 0 atom stereocenters. The number of anilines is 1. The van der Waals surface area contributed by atoms with Gasteiger partial charge in [-0.25, -0.2) is 4.79 Å². The molecule has 0 spiro atoms. The summed E-state index contributed by atoms with van der Waals surface area (Å²) in [5, 5.41) is 11.8. The van der Waals surface area contributed by atoms with Crippen molar-refractivity contribution in [2.75, 3.05) is 5.32 Å². The zero-order valence-corrected chi connectivity index (χ0v) is 18.2. The number of aromatic carboxylic acids is 1. The standard InChI is InChI=1S/C27H22N2O5/c30-26(25-12-11-21(16-28-25)27(31)32)29-22-13-23(33-17-19-7-3-1-4-8-19)15-24(14-22)34-18-20-9-5-2-6-10-20/h1-16H,17-18H2,(H,29,30)(H,31,32). The van der Waals surface area contributed by atoms with Crippen molar-refractivity contribution in [3.8, 4) is 11.5 Å². The van der Waals surface area contributed by atoms with Gasteiger partial charge < -0.3 is 19.9 Å². The Morgan fingerprint density at radius 3 is 1.79 bits per heavy atom. The molecule has 1 heterocycles. The first-order valence-corrected chi connectivity index (χ1v) is 10.6. The van der Waals surface area contributed by atoms with E-state index in [0.29, 0.717) is 30.4 Å². The normalized spacial score (nSPS) is 10.4. The number of hydrogen-bond acceptors (Lipinski definition) is 5. The third-order valence-corrected chi connectivity index (χ3v) is 4.88. The molecular weight excluding hydrogens is 432 g/mol. The van der Waals surface area contributed by atoms with Crippen molar-refractivity contribution < 1.29 is 24.2 Å². The molecule has 0 aliphatic carbocycles. The highest BCUT2D eigenvalue weighted by molar-refractivity contribution is 6.03. The second-order valence-corrected chi connectivity index (χ2v) is 7.43. The van der Waals surface area contributed by atoms with Gasteiger partial charge in [0, 0.05) is 30.1 Å². The Hall–Kier alpha value is -4.65. The fourth-order valence-electron chi connectivity index (χ4n) is 3.14. The van der Waals surface area contributed by atoms with E-state index < -0.39 is 11.9 Å². The number of benzene rings is 3. The zero-order chi connectivity index (χ0) is 23.8. The summed E-state index contributed by atoms with van der Waals surface area (Å²) in [6, 6.07) is 27.3. The Balaban J connectivity index is 1.52. The lowest BCUT2D eigenvalue weighted by molar-refractivity contribution is 0.0695. The second kappa shape index (κ2) is 10.8. The molecule has 34 heavy (non-hydrogen) atoms. The lowest BCUT2D eigenvalue weighted by atomic mass is 10.2. The topological polar surface area (TPSA) is 97.8 Å². The highest BCUT2D eigenvalue weighted by atomic mass is 16.5. The number of nitrogens with one attached hydrogen (secondary N) is 1. The van der Waals surface area contributed by atoms with E-state index >= 15 is 0 Å². The van der Waals surface area contributed by atoms with Gasteiger partial charge in [0.05, 0.1) is 5.56 Å². The van der Waals surface area contributed by atoms with Crippen LogP contribution in [-0.2, 0) is 13.2 Å². The summed E-state index contributed by atoms with van der Waals surface area (Å²) >= 11 is 0. The van der Waals surface area contributed by atoms with Crippen molar-refractivity contribution in [3.63, 3.8) is 0 Å². The molecule has 3 aromatic carbocycles. The fourth-order valence-corrected chi connectivity index (χ4v) is 3.14. The van der Waals surface area contributed by atoms with E-state index in [-0.39, 0.29) is 11.3 Å². The average Bonchev–Trinajstić information content (AvgIpc) is 2.87. The molecule has 2 N–H and O–H groups in total. The number of aromatic nitrogens is 1. The SMILES string of the molecule is O=C(O)c1ccc(C(=O)Nc2cc(OCc3ccccc3)cc(OCc3ccccc3)c2)nc1. The zero-order valence-electron chi connectivity index (χ0n) is 18.2. The maximum absolute atomic E-state index is 12.7. The van der Waals surface area contributed by atoms with E-state index in [2.05, 4.69) is 10.3 Å². The van der Waals surface area contributed by atoms with Crippen LogP contribution in [0.15, 0.2) is 97.2 Å². The summed E-state index contributed by atoms with van der Waals surface area (Å²) in [6.07, 6.45) is 1.14. The predicted octanol–water partition coefficient (Wildman–Crippen LogP) is 5.19. The highest BCUT2D eigenvalue weighted by Crippen LogP contribution is 2.28. The van der Waals surface area contributed by atoms with Crippen LogP contribution in [0.5, 0.6) is 11.5 Å². The number of pyridine rings is 1. The lowest BCUT2D eigenvalue weighted by Crippen LogP contribution is -2.14. The number of rotatable bonds is 9. The smallest absolute Gasteiger partial charge is 0.337 e. The van der Waals surface area contributed by atoms with E-state index in [1.54, 1.807) is 18.2 Å². The first-order valence-electron chi connectivity index (χ1n) is 10.6. The Kier molecular flexibility index (Phi) is 7.15. The lowest BCUT2D eigenvalue weighted by Gasteiger charge is -2.13. The number of nitrogens with zero attached hydrogens (tertiary/aromatic N) is 1. The van der Waals surface area contributed by atoms with Crippen LogP contribution in [0.1, 0.15) is 32.0 Å². The average molecular weight is 454 g/mol. The van der Waals surface area contributed by atoms with Gasteiger partial charge in [0.2, 0.25) is 0 Å². The van der Waals surface area contributed by atoms with Crippen LogP contribution in [0.3, 0.4) is 0 Å². The van der Waals surface area contributed by atoms with Crippen molar-refractivity contribution in [2.45, 2.75) is 13.2 Å². The summed E-state index contributed by atoms with van der Waals surface area (Å²) in [7, 11) is 0. The minimum absolute atomic E-state index is 0.00413. The Bertz CT molecular complexity index is 1200. The molecule has 1 amide bonds. The Labute approximate surface area is 196 Å². The maximum atomic E-state index is 12.7. The largest absolute Gasteiger partial charge is 0.489 e. The molecule has 7 heteroatoms. The molecule has 0 saturated heterocycles. The number of ether oxygens (including phenoxy) is 2. The van der Waals surface area contributed by atoms with Crippen LogP contribution < -0.4 is 14.8 Å². The monoisotopic (exact) mass is 454 g/mol. The Morgan fingerprint density at radius 2 is 1.32 bits per heavy atom. The van der Waals surface area contributed by atoms with Gasteiger partial charge in [-0.1, -0.05) is 60.7 Å². The van der Waals surface area contributed by atoms with Crippen LogP contribution in [0.2, 0.25) is 0 Å². The van der Waals surface area contributed by atoms with Gasteiger partial charge in [-0.15, -0.1) is 0 Å². The van der Waals surface area contributed by atoms with Crippen molar-refractivity contribution in [1.82, 2.24) is 4.98 Å². The number of carbonyl (C=O) groups is 2. The molecule has 1 aromatic heterocycles. The summed E-state index contributed by atoms with van der Waals surface area (Å²) in [6.45, 7) is 0.711. The maximum Gasteiger partial charge on any atom is 0.337 e. The highest BCUT2D eigenvalue weighted by Gasteiger charge is 2.12. The summed E-state index contributed by atoms with van der Waals surface area (Å²) in [5.41, 5.74) is 2.57. The van der Waals surface area contributed by atoms with Crippen LogP contribution in [0.25, 0.3) is 0 Å². The number of hydrogen-bond donors (Lipinski definition) is 2. The molecule has 7 nitrogen and oxygen atoms in total. The molecule has 0 aliphatic rings. The summed E-state index contributed by atoms with van der Waals surface area (Å²) in [4.78, 5) is 27.6. The number of amides is 1. The molecule has 0 radical (unpaired) electrons. The fraction of sp³-hybridized carbons (Fsp3) is 0.0741. The molecule has 4 rings (SSSR count). The quantitative estimate of drug-likeness (QED) is 0.361. The molecule has 4 aromatic rings. The van der Waals surface area contributed by atoms with Crippen molar-refractivity contribution in [2.24, 2.45) is 0 Å². The molecule has 0 bridgehead atoms. The van der Waals surface area contributed by atoms with Gasteiger partial charge in [0.15, 0.2) is 0 Å². The minimum atomic E-state index is -1.11. The molecule has 170 valence electrons. The van der Waals surface area contributed by atoms with Gasteiger partial charge in [0.25, 0.3) is 5.91 Å². The van der Waals surface area contributed by atoms with E-state index in [1.807, 2.05) is 60.7 Å². The van der Waals surface area contributed by atoms with Gasteiger partial charge in [0.1, 0.15) is 30.4 Å². The minimum Gasteiger partial charge on any atom is -0.489 e. The molecule has 0 fully saturated rings. The van der Waals surface area contributed by atoms with Gasteiger partial charge >= 0.3 is 5.97 Å². The molecular formula is C27H22N2O5. The third kappa shape index (κ3) is 6.20. The number of carboxylic acids is 1. The number of carboxylic acid groups (broad SMARTS) is 1. The molecule has 0 aliphatic heterocycles. The molecule has 0 saturated carbocycles. The summed E-state index contributed by atoms with van der Waals surface area (Å²) < 4.78 is 11.9. The Morgan fingerprint density at radius 1 is 0.765 bits per heavy atom. The van der Waals surface area contributed by atoms with Crippen LogP contribution in [-0.4, -0.2) is 22.0 Å². The van der Waals surface area contributed by atoms with Crippen molar-refractivity contribution >= 4 is 17.6 Å². The van der Waals surface area contributed by atoms with Crippen LogP contribution in [0.4, 0.5) is 5.69 Å². The van der Waals surface area contributed by atoms with Crippen molar-refractivity contribution in [3.05, 3.63) is 120 Å². The van der Waals surface area contributed by atoms with Gasteiger partial charge in [-0.2, -0.15) is 0 Å². The number of carbonyl (C=O) groups excluding carboxylic acids is 1. The third-order valence-electron chi connectivity index (χ3n) is 4.88. The molecule has 0 unspecified atom stereocenters. The van der Waals surface area contributed by atoms with Gasteiger partial charge in [-0.3, -0.25) is 9.78 Å². The van der Waals surface area contributed by atoms with E-state index in [0.717, 1.165) is 17.3 Å². The van der Waals surface area contributed by atoms with E-state index in [1.165, 1.54) is 12.1 Å². The first-order chi connectivity index (χ1) is 16.6. The van der Waals surface area contributed by atoms with Gasteiger partial charge in [-0.05, 0) is 23.3 Å². The van der Waals surface area contributed by atoms with Crippen LogP contribution >= 0.6 is 0 Å². The predicted molar refractivity (Wildman–Crippen MR) is 127 cm³/mol. The summed E-state index contributed by atoms with van der Waals surface area (Å²) in [5.74, 6) is -0.535. The van der Waals surface area contributed by atoms with Crippen LogP contribution in [0, 0.1) is 0 Å². The van der Waals surface area contributed by atoms with E-state index in [4.69, 9.17) is 14.6 Å². The van der Waals surface area contributed by atoms with Crippen molar-refractivity contribution in [1.29, 1.82) is 0 Å². The first kappa shape index (κ1) is 22.5. The van der Waals surface area contributed by atoms with E-state index in [9.17, 15) is 9.59 Å².